The molecule has 1 aliphatic carbocycles. The normalized spacial score (nSPS) is 17.8. The van der Waals surface area contributed by atoms with Crippen molar-refractivity contribution in [2.75, 3.05) is 6.26 Å². The number of rotatable bonds is 5. The summed E-state index contributed by atoms with van der Waals surface area (Å²) in [6, 6.07) is 15.1. The van der Waals surface area contributed by atoms with Crippen LogP contribution < -0.4 is 0 Å². The molecular weight excluding hydrogens is 426 g/mol. The van der Waals surface area contributed by atoms with Crippen molar-refractivity contribution in [3.63, 3.8) is 0 Å². The van der Waals surface area contributed by atoms with Gasteiger partial charge in [0.15, 0.2) is 5.09 Å². The van der Waals surface area contributed by atoms with Gasteiger partial charge in [0.05, 0.1) is 6.10 Å². The van der Waals surface area contributed by atoms with Crippen LogP contribution in [0.4, 0.5) is 0 Å². The molecule has 1 N–H and O–H groups in total. The summed E-state index contributed by atoms with van der Waals surface area (Å²) in [5.74, 6) is 0.589. The zero-order valence-electron chi connectivity index (χ0n) is 15.8. The maximum atomic E-state index is 11.7. The minimum atomic E-state index is -1.03. The Morgan fingerprint density at radius 3 is 2.52 bits per heavy atom. The molecule has 1 aromatic heterocycles. The van der Waals surface area contributed by atoms with Gasteiger partial charge in [-0.3, -0.25) is 4.21 Å². The second-order valence-electron chi connectivity index (χ2n) is 6.85. The highest BCUT2D eigenvalue weighted by Crippen LogP contribution is 2.39. The van der Waals surface area contributed by atoms with E-state index >= 15 is 0 Å². The number of nitrogens with zero attached hydrogens (tertiary/aromatic N) is 1. The van der Waals surface area contributed by atoms with Gasteiger partial charge in [-0.25, -0.2) is 4.98 Å². The van der Waals surface area contributed by atoms with Crippen LogP contribution in [0.5, 0.6) is 0 Å². The van der Waals surface area contributed by atoms with Gasteiger partial charge in [-0.1, -0.05) is 29.8 Å². The van der Waals surface area contributed by atoms with E-state index in [1.165, 1.54) is 11.8 Å². The van der Waals surface area contributed by atoms with Crippen molar-refractivity contribution in [3.05, 3.63) is 65.5 Å². The molecule has 0 spiro atoms. The largest absolute Gasteiger partial charge is 0.429 e. The number of oxazole rings is 1. The molecule has 1 heterocycles. The van der Waals surface area contributed by atoms with Crippen LogP contribution in [0.1, 0.15) is 25.2 Å². The average molecular weight is 446 g/mol. The predicted molar refractivity (Wildman–Crippen MR) is 118 cm³/mol. The highest BCUT2D eigenvalue weighted by atomic mass is 35.5. The fourth-order valence-corrected chi connectivity index (χ4v) is 4.64. The Kier molecular flexibility index (Phi) is 6.25. The maximum absolute atomic E-state index is 11.7. The molecule has 2 aromatic carbocycles. The number of hydrogen-bond donors (Lipinski definition) is 1. The Morgan fingerprint density at radius 1 is 1.17 bits per heavy atom. The van der Waals surface area contributed by atoms with Gasteiger partial charge in [0.2, 0.25) is 5.89 Å². The quantitative estimate of drug-likeness (QED) is 0.536. The van der Waals surface area contributed by atoms with Crippen molar-refractivity contribution in [2.45, 2.75) is 40.2 Å². The summed E-state index contributed by atoms with van der Waals surface area (Å²) in [5.41, 5.74) is 2.67. The van der Waals surface area contributed by atoms with Gasteiger partial charge < -0.3 is 9.52 Å². The van der Waals surface area contributed by atoms with Gasteiger partial charge >= 0.3 is 0 Å². The predicted octanol–water partition coefficient (Wildman–Crippen LogP) is 5.81. The molecule has 2 atom stereocenters. The second-order valence-corrected chi connectivity index (χ2v) is 9.71. The number of aliphatic hydroxyl groups is 1. The first-order valence-corrected chi connectivity index (χ1v) is 12.0. The molecule has 7 heteroatoms. The van der Waals surface area contributed by atoms with Crippen LogP contribution in [0, 0.1) is 0 Å². The minimum Gasteiger partial charge on any atom is -0.429 e. The zero-order valence-corrected chi connectivity index (χ0v) is 18.2. The van der Waals surface area contributed by atoms with Crippen molar-refractivity contribution in [1.82, 2.24) is 4.98 Å². The number of aliphatic hydroxyl groups excluding tert-OH is 1. The van der Waals surface area contributed by atoms with E-state index in [0.29, 0.717) is 28.8 Å². The molecule has 0 amide bonds. The van der Waals surface area contributed by atoms with E-state index in [-0.39, 0.29) is 6.10 Å². The first-order chi connectivity index (χ1) is 14.0. The first kappa shape index (κ1) is 20.4. The highest BCUT2D eigenvalue weighted by Gasteiger charge is 2.21. The molecule has 0 fully saturated rings. The zero-order chi connectivity index (χ0) is 20.4. The van der Waals surface area contributed by atoms with Gasteiger partial charge in [0.1, 0.15) is 5.69 Å². The Balaban J connectivity index is 1.72. The molecule has 2 unspecified atom stereocenters. The summed E-state index contributed by atoms with van der Waals surface area (Å²) in [4.78, 5) is 6.55. The van der Waals surface area contributed by atoms with Gasteiger partial charge in [0, 0.05) is 43.0 Å². The number of halogens is 1. The Bertz CT molecular complexity index is 1060. The SMILES string of the molecule is CS(=O)c1ccc(-c2nc(C3=CCC(O)CC3)oc2Sc2ccc(Cl)cc2)cc1. The molecule has 0 saturated heterocycles. The summed E-state index contributed by atoms with van der Waals surface area (Å²) >= 11 is 7.49. The van der Waals surface area contributed by atoms with E-state index in [1.54, 1.807) is 6.26 Å². The monoisotopic (exact) mass is 445 g/mol. The van der Waals surface area contributed by atoms with E-state index in [1.807, 2.05) is 54.6 Å². The molecule has 1 aliphatic rings. The number of benzene rings is 2. The molecule has 4 nitrogen and oxygen atoms in total. The third-order valence-corrected chi connectivity index (χ3v) is 6.90. The lowest BCUT2D eigenvalue weighted by molar-refractivity contribution is 0.165. The van der Waals surface area contributed by atoms with Crippen molar-refractivity contribution < 1.29 is 13.7 Å². The Labute approximate surface area is 181 Å². The number of hydrogen-bond acceptors (Lipinski definition) is 5. The van der Waals surface area contributed by atoms with Crippen LogP contribution in [0.25, 0.3) is 16.8 Å². The number of allylic oxidation sites excluding steroid dienone is 1. The lowest BCUT2D eigenvalue weighted by Gasteiger charge is -2.14. The van der Waals surface area contributed by atoms with E-state index in [9.17, 15) is 9.32 Å². The summed E-state index contributed by atoms with van der Waals surface area (Å²) in [6.07, 6.45) is 5.43. The molecule has 0 aliphatic heterocycles. The van der Waals surface area contributed by atoms with Gasteiger partial charge in [0.25, 0.3) is 0 Å². The lowest BCUT2D eigenvalue weighted by Crippen LogP contribution is -2.09. The Hall–Kier alpha value is -1.86. The van der Waals surface area contributed by atoms with E-state index in [0.717, 1.165) is 33.0 Å². The summed E-state index contributed by atoms with van der Waals surface area (Å²) in [6.45, 7) is 0. The van der Waals surface area contributed by atoms with Gasteiger partial charge in [-0.15, -0.1) is 0 Å². The van der Waals surface area contributed by atoms with Crippen LogP contribution in [-0.4, -0.2) is 26.7 Å². The summed E-state index contributed by atoms with van der Waals surface area (Å²) in [5, 5.41) is 11.1. The van der Waals surface area contributed by atoms with Crippen molar-refractivity contribution in [3.8, 4) is 11.3 Å². The van der Waals surface area contributed by atoms with Crippen LogP contribution in [0.15, 0.2) is 73.9 Å². The van der Waals surface area contributed by atoms with Gasteiger partial charge in [-0.2, -0.15) is 0 Å². The van der Waals surface area contributed by atoms with Crippen LogP contribution in [-0.2, 0) is 10.8 Å². The van der Waals surface area contributed by atoms with Crippen molar-refractivity contribution >= 4 is 39.7 Å². The van der Waals surface area contributed by atoms with E-state index < -0.39 is 10.8 Å². The Morgan fingerprint density at radius 2 is 1.90 bits per heavy atom. The molecule has 0 bridgehead atoms. The van der Waals surface area contributed by atoms with E-state index in [2.05, 4.69) is 0 Å². The van der Waals surface area contributed by atoms with Crippen LogP contribution >= 0.6 is 23.4 Å². The molecule has 0 radical (unpaired) electrons. The fraction of sp³-hybridized carbons (Fsp3) is 0.227. The smallest absolute Gasteiger partial charge is 0.223 e. The summed E-state index contributed by atoms with van der Waals surface area (Å²) in [7, 11) is -1.03. The van der Waals surface area contributed by atoms with Crippen molar-refractivity contribution in [2.24, 2.45) is 0 Å². The molecule has 29 heavy (non-hydrogen) atoms. The van der Waals surface area contributed by atoms with Crippen LogP contribution in [0.2, 0.25) is 5.02 Å². The van der Waals surface area contributed by atoms with Crippen LogP contribution in [0.3, 0.4) is 0 Å². The second kappa shape index (κ2) is 8.88. The van der Waals surface area contributed by atoms with E-state index in [4.69, 9.17) is 21.0 Å². The lowest BCUT2D eigenvalue weighted by atomic mass is 9.97. The standard InChI is InChI=1S/C22H20ClNO3S2/c1-29(26)19-12-4-14(5-13-19)20-22(28-18-10-6-16(23)7-11-18)27-21(24-20)15-2-8-17(25)9-3-15/h2,4-7,10-13,17,25H,3,8-9H2,1H3. The maximum Gasteiger partial charge on any atom is 0.223 e. The van der Waals surface area contributed by atoms with Crippen molar-refractivity contribution in [1.29, 1.82) is 0 Å². The van der Waals surface area contributed by atoms with Gasteiger partial charge in [-0.05, 0) is 67.4 Å². The third kappa shape index (κ3) is 4.83. The molecule has 150 valence electrons. The third-order valence-electron chi connectivity index (χ3n) is 4.74. The molecule has 3 aromatic rings. The topological polar surface area (TPSA) is 63.3 Å². The molecule has 0 saturated carbocycles. The summed E-state index contributed by atoms with van der Waals surface area (Å²) < 4.78 is 17.9. The molecular formula is C22H20ClNO3S2. The highest BCUT2D eigenvalue weighted by molar-refractivity contribution is 7.99. The fourth-order valence-electron chi connectivity index (χ4n) is 3.12. The molecule has 4 rings (SSSR count). The number of aromatic nitrogens is 1. The first-order valence-electron chi connectivity index (χ1n) is 9.25. The minimum absolute atomic E-state index is 0.293. The average Bonchev–Trinajstić information content (AvgIpc) is 3.14.